The number of halogens is 1. The summed E-state index contributed by atoms with van der Waals surface area (Å²) in [7, 11) is 0. The highest BCUT2D eigenvalue weighted by molar-refractivity contribution is 5.85. The second kappa shape index (κ2) is 12.5. The Morgan fingerprint density at radius 2 is 1.56 bits per heavy atom. The van der Waals surface area contributed by atoms with E-state index in [-0.39, 0.29) is 18.3 Å². The van der Waals surface area contributed by atoms with E-state index in [0.717, 1.165) is 17.5 Å². The fourth-order valence-corrected chi connectivity index (χ4v) is 2.46. The van der Waals surface area contributed by atoms with E-state index in [1.807, 2.05) is 65.6 Å². The van der Waals surface area contributed by atoms with Crippen molar-refractivity contribution in [3.63, 3.8) is 0 Å². The zero-order valence-electron chi connectivity index (χ0n) is 14.5. The Hall–Kier alpha value is -1.88. The maximum Gasteiger partial charge on any atom is 0.225 e. The van der Waals surface area contributed by atoms with Crippen molar-refractivity contribution in [2.45, 2.75) is 26.0 Å². The smallest absolute Gasteiger partial charge is 0.225 e. The fraction of sp³-hybridized carbons (Fsp3) is 0.350. The van der Waals surface area contributed by atoms with Gasteiger partial charge in [-0.3, -0.25) is 4.79 Å². The second-order valence-electron chi connectivity index (χ2n) is 5.73. The third-order valence-corrected chi connectivity index (χ3v) is 3.77. The molecule has 2 rings (SSSR count). The number of hydrogen-bond donors (Lipinski definition) is 1. The van der Waals surface area contributed by atoms with Gasteiger partial charge in [-0.1, -0.05) is 60.7 Å². The molecular weight excluding hydrogens is 336 g/mol. The Labute approximate surface area is 156 Å². The van der Waals surface area contributed by atoms with Gasteiger partial charge in [0.2, 0.25) is 5.91 Å². The number of carbonyl (C=O) groups excluding carboxylic acids is 1. The van der Waals surface area contributed by atoms with Gasteiger partial charge in [0.25, 0.3) is 0 Å². The lowest BCUT2D eigenvalue weighted by atomic mass is 10.2. The zero-order chi connectivity index (χ0) is 17.0. The molecular formula is C20H27ClN2O2. The topological polar surface area (TPSA) is 55.6 Å². The number of hydrogen-bond acceptors (Lipinski definition) is 3. The Morgan fingerprint density at radius 1 is 0.960 bits per heavy atom. The van der Waals surface area contributed by atoms with Crippen LogP contribution in [0.2, 0.25) is 0 Å². The van der Waals surface area contributed by atoms with Crippen LogP contribution in [0, 0.1) is 0 Å². The van der Waals surface area contributed by atoms with Crippen LogP contribution < -0.4 is 5.73 Å². The van der Waals surface area contributed by atoms with Crippen LogP contribution in [0.3, 0.4) is 0 Å². The molecule has 1 amide bonds. The Balaban J connectivity index is 0.00000312. The first-order chi connectivity index (χ1) is 11.8. The standard InChI is InChI=1S/C20H26N2O2.ClH/c21-13-7-14-22(16-18-8-3-1-4-9-18)20(23)12-15-24-17-19-10-5-2-6-11-19;/h1-6,8-11H,7,12-17,21H2;1H. The molecule has 0 aliphatic carbocycles. The van der Waals surface area contributed by atoms with Crippen molar-refractivity contribution in [1.29, 1.82) is 0 Å². The molecule has 0 fully saturated rings. The summed E-state index contributed by atoms with van der Waals surface area (Å²) < 4.78 is 5.62. The summed E-state index contributed by atoms with van der Waals surface area (Å²) in [6, 6.07) is 20.0. The molecule has 5 heteroatoms. The minimum atomic E-state index is 0. The maximum atomic E-state index is 12.5. The van der Waals surface area contributed by atoms with Crippen molar-refractivity contribution >= 4 is 18.3 Å². The average Bonchev–Trinajstić information content (AvgIpc) is 2.64. The van der Waals surface area contributed by atoms with E-state index in [0.29, 0.717) is 39.3 Å². The van der Waals surface area contributed by atoms with Gasteiger partial charge in [0.15, 0.2) is 0 Å². The maximum absolute atomic E-state index is 12.5. The third-order valence-electron chi connectivity index (χ3n) is 3.77. The molecule has 136 valence electrons. The third kappa shape index (κ3) is 8.16. The first kappa shape index (κ1) is 21.2. The number of amides is 1. The van der Waals surface area contributed by atoms with Gasteiger partial charge in [0.1, 0.15) is 0 Å². The second-order valence-corrected chi connectivity index (χ2v) is 5.73. The van der Waals surface area contributed by atoms with Gasteiger partial charge in [-0.15, -0.1) is 12.4 Å². The van der Waals surface area contributed by atoms with Gasteiger partial charge < -0.3 is 15.4 Å². The molecule has 25 heavy (non-hydrogen) atoms. The Bertz CT molecular complexity index is 593. The lowest BCUT2D eigenvalue weighted by molar-refractivity contribution is -0.133. The SMILES string of the molecule is Cl.NCCCN(Cc1ccccc1)C(=O)CCOCc1ccccc1. The van der Waals surface area contributed by atoms with E-state index in [2.05, 4.69) is 0 Å². The van der Waals surface area contributed by atoms with Crippen molar-refractivity contribution in [3.8, 4) is 0 Å². The highest BCUT2D eigenvalue weighted by Gasteiger charge is 2.13. The molecule has 4 nitrogen and oxygen atoms in total. The molecule has 0 spiro atoms. The van der Waals surface area contributed by atoms with Gasteiger partial charge in [-0.05, 0) is 24.1 Å². The largest absolute Gasteiger partial charge is 0.376 e. The van der Waals surface area contributed by atoms with Gasteiger partial charge >= 0.3 is 0 Å². The van der Waals surface area contributed by atoms with E-state index < -0.39 is 0 Å². The first-order valence-electron chi connectivity index (χ1n) is 8.43. The summed E-state index contributed by atoms with van der Waals surface area (Å²) in [5.41, 5.74) is 7.85. The van der Waals surface area contributed by atoms with Crippen molar-refractivity contribution in [1.82, 2.24) is 4.90 Å². The molecule has 2 N–H and O–H groups in total. The van der Waals surface area contributed by atoms with Crippen LogP contribution in [0.4, 0.5) is 0 Å². The van der Waals surface area contributed by atoms with E-state index in [1.54, 1.807) is 0 Å². The molecule has 0 saturated heterocycles. The van der Waals surface area contributed by atoms with Crippen molar-refractivity contribution < 1.29 is 9.53 Å². The van der Waals surface area contributed by atoms with Gasteiger partial charge in [-0.2, -0.15) is 0 Å². The molecule has 0 aliphatic heterocycles. The summed E-state index contributed by atoms with van der Waals surface area (Å²) in [5, 5.41) is 0. The van der Waals surface area contributed by atoms with Gasteiger partial charge in [0.05, 0.1) is 19.6 Å². The number of nitrogens with zero attached hydrogens (tertiary/aromatic N) is 1. The van der Waals surface area contributed by atoms with E-state index in [4.69, 9.17) is 10.5 Å². The summed E-state index contributed by atoms with van der Waals surface area (Å²) in [5.74, 6) is 0.111. The van der Waals surface area contributed by atoms with E-state index in [9.17, 15) is 4.79 Å². The van der Waals surface area contributed by atoms with Crippen molar-refractivity contribution in [3.05, 3.63) is 71.8 Å². The summed E-state index contributed by atoms with van der Waals surface area (Å²) in [6.45, 7) is 2.86. The van der Waals surface area contributed by atoms with Crippen molar-refractivity contribution in [2.24, 2.45) is 5.73 Å². The summed E-state index contributed by atoms with van der Waals surface area (Å²) in [4.78, 5) is 14.3. The lowest BCUT2D eigenvalue weighted by Crippen LogP contribution is -2.33. The monoisotopic (exact) mass is 362 g/mol. The van der Waals surface area contributed by atoms with Crippen molar-refractivity contribution in [2.75, 3.05) is 19.7 Å². The zero-order valence-corrected chi connectivity index (χ0v) is 15.3. The molecule has 0 aromatic heterocycles. The highest BCUT2D eigenvalue weighted by atomic mass is 35.5. The van der Waals surface area contributed by atoms with Crippen LogP contribution in [0.15, 0.2) is 60.7 Å². The van der Waals surface area contributed by atoms with E-state index in [1.165, 1.54) is 0 Å². The molecule has 0 unspecified atom stereocenters. The molecule has 2 aromatic rings. The minimum absolute atomic E-state index is 0. The molecule has 0 bridgehead atoms. The average molecular weight is 363 g/mol. The molecule has 0 radical (unpaired) electrons. The molecule has 2 aromatic carbocycles. The number of carbonyl (C=O) groups is 1. The number of nitrogens with two attached hydrogens (primary N) is 1. The predicted octanol–water partition coefficient (Wildman–Crippen LogP) is 3.39. The molecule has 0 heterocycles. The fourth-order valence-electron chi connectivity index (χ4n) is 2.46. The Kier molecular flexibility index (Phi) is 10.6. The Morgan fingerprint density at radius 3 is 2.16 bits per heavy atom. The summed E-state index contributed by atoms with van der Waals surface area (Å²) in [6.07, 6.45) is 1.20. The first-order valence-corrected chi connectivity index (χ1v) is 8.43. The number of ether oxygens (including phenoxy) is 1. The van der Waals surface area contributed by atoms with Gasteiger partial charge in [-0.25, -0.2) is 0 Å². The quantitative estimate of drug-likeness (QED) is 0.659. The normalized spacial score (nSPS) is 10.1. The van der Waals surface area contributed by atoms with Crippen LogP contribution in [-0.2, 0) is 22.7 Å². The highest BCUT2D eigenvalue weighted by Crippen LogP contribution is 2.08. The van der Waals surface area contributed by atoms with Crippen LogP contribution in [-0.4, -0.2) is 30.5 Å². The molecule has 0 atom stereocenters. The number of rotatable bonds is 10. The molecule has 0 saturated carbocycles. The van der Waals surface area contributed by atoms with Crippen LogP contribution in [0.1, 0.15) is 24.0 Å². The minimum Gasteiger partial charge on any atom is -0.376 e. The number of benzene rings is 2. The van der Waals surface area contributed by atoms with Crippen LogP contribution in [0.5, 0.6) is 0 Å². The lowest BCUT2D eigenvalue weighted by Gasteiger charge is -2.23. The van der Waals surface area contributed by atoms with E-state index >= 15 is 0 Å². The predicted molar refractivity (Wildman–Crippen MR) is 103 cm³/mol. The van der Waals surface area contributed by atoms with Gasteiger partial charge in [0, 0.05) is 13.1 Å². The molecule has 0 aliphatic rings. The summed E-state index contributed by atoms with van der Waals surface area (Å²) >= 11 is 0. The van der Waals surface area contributed by atoms with Crippen LogP contribution in [0.25, 0.3) is 0 Å². The van der Waals surface area contributed by atoms with Crippen LogP contribution >= 0.6 is 12.4 Å².